The summed E-state index contributed by atoms with van der Waals surface area (Å²) in [5.74, 6) is 0. The zero-order chi connectivity index (χ0) is 8.27. The van der Waals surface area contributed by atoms with Crippen LogP contribution in [0.15, 0.2) is 24.3 Å². The number of halogens is 3. The van der Waals surface area contributed by atoms with Gasteiger partial charge >= 0.3 is 93.5 Å². The zero-order valence-electron chi connectivity index (χ0n) is 5.37. The molecule has 0 aliphatic rings. The quantitative estimate of drug-likeness (QED) is 0.512. The molecule has 0 atom stereocenters. The molecular weight excluding hydrogens is 383 g/mol. The van der Waals surface area contributed by atoms with Gasteiger partial charge in [0.1, 0.15) is 0 Å². The number of benzene rings is 1. The van der Waals surface area contributed by atoms with E-state index in [9.17, 15) is 0 Å². The number of hydrogen-bond donors (Lipinski definition) is 0. The van der Waals surface area contributed by atoms with Crippen LogP contribution in [0.1, 0.15) is 5.56 Å². The van der Waals surface area contributed by atoms with Crippen LogP contribution < -0.4 is 0 Å². The van der Waals surface area contributed by atoms with Crippen LogP contribution in [0.3, 0.4) is 0 Å². The molecule has 0 bridgehead atoms. The van der Waals surface area contributed by atoms with Crippen molar-refractivity contribution in [3.05, 3.63) is 33.4 Å². The van der Waals surface area contributed by atoms with Gasteiger partial charge in [0.05, 0.1) is 0 Å². The molecule has 0 unspecified atom stereocenters. The van der Waals surface area contributed by atoms with Crippen LogP contribution in [0.5, 0.6) is 0 Å². The summed E-state index contributed by atoms with van der Waals surface area (Å²) >= 11 is 0.620. The van der Waals surface area contributed by atoms with Gasteiger partial charge in [0.25, 0.3) is 0 Å². The second-order valence-corrected chi connectivity index (χ2v) is 8.72. The summed E-state index contributed by atoms with van der Waals surface area (Å²) in [7, 11) is 11.5. The molecule has 11 heavy (non-hydrogen) atoms. The van der Waals surface area contributed by atoms with E-state index in [2.05, 4.69) is 22.6 Å². The summed E-state index contributed by atoms with van der Waals surface area (Å²) < 4.78 is 3.15. The maximum atomic E-state index is 5.73. The van der Waals surface area contributed by atoms with Crippen molar-refractivity contribution in [3.63, 3.8) is 0 Å². The molecule has 64 valence electrons. The molecule has 0 radical (unpaired) electrons. The molecule has 0 N–H and O–H groups in total. The first-order chi connectivity index (χ1) is 5.20. The van der Waals surface area contributed by atoms with E-state index in [4.69, 9.17) is 19.4 Å². The fourth-order valence-corrected chi connectivity index (χ4v) is 3.48. The average molecular weight is 388 g/mol. The topological polar surface area (TPSA) is 0 Å². The third kappa shape index (κ3) is 3.50. The van der Waals surface area contributed by atoms with Gasteiger partial charge in [-0.2, -0.15) is 0 Å². The van der Waals surface area contributed by atoms with E-state index in [1.807, 2.05) is 28.9 Å². The molecule has 0 spiro atoms. The standard InChI is InChI=1S/C7H5I.2ClH.Ru/c1-6-4-2-3-5-7(6)8;;;/h1-5H;2*1H;/p-2. The first kappa shape index (κ1) is 10.1. The van der Waals surface area contributed by atoms with Crippen molar-refractivity contribution in [1.82, 2.24) is 0 Å². The minimum atomic E-state index is -1.65. The van der Waals surface area contributed by atoms with E-state index in [0.29, 0.717) is 0 Å². The molecule has 0 fully saturated rings. The third-order valence-corrected chi connectivity index (χ3v) is 3.91. The summed E-state index contributed by atoms with van der Waals surface area (Å²) in [5.41, 5.74) is 1.15. The molecule has 0 saturated carbocycles. The molecule has 0 heterocycles. The second kappa shape index (κ2) is 4.91. The Hall–Kier alpha value is 1.02. The maximum absolute atomic E-state index is 5.73. The van der Waals surface area contributed by atoms with Gasteiger partial charge in [-0.1, -0.05) is 0 Å². The Bertz CT molecular complexity index is 282. The van der Waals surface area contributed by atoms with Crippen LogP contribution in [0.25, 0.3) is 0 Å². The normalized spacial score (nSPS) is 11.0. The van der Waals surface area contributed by atoms with Crippen molar-refractivity contribution in [2.24, 2.45) is 0 Å². The van der Waals surface area contributed by atoms with Gasteiger partial charge in [0.15, 0.2) is 0 Å². The van der Waals surface area contributed by atoms with Crippen LogP contribution >= 0.6 is 42.0 Å². The van der Waals surface area contributed by atoms with Crippen LogP contribution in [-0.2, 0) is 13.5 Å². The average Bonchev–Trinajstić information content (AvgIpc) is 1.93. The van der Waals surface area contributed by atoms with Gasteiger partial charge in [-0.15, -0.1) is 0 Å². The van der Waals surface area contributed by atoms with Gasteiger partial charge < -0.3 is 0 Å². The van der Waals surface area contributed by atoms with Crippen molar-refractivity contribution in [3.8, 4) is 0 Å². The first-order valence-electron chi connectivity index (χ1n) is 2.78. The Morgan fingerprint density at radius 1 is 1.27 bits per heavy atom. The number of rotatable bonds is 1. The molecular formula is C7H5Cl2IRu-2. The summed E-state index contributed by atoms with van der Waals surface area (Å²) in [6.45, 7) is 0. The van der Waals surface area contributed by atoms with E-state index in [1.54, 1.807) is 0 Å². The van der Waals surface area contributed by atoms with Crippen molar-refractivity contribution in [2.45, 2.75) is 0 Å². The van der Waals surface area contributed by atoms with Crippen molar-refractivity contribution < 1.29 is 13.5 Å². The summed E-state index contributed by atoms with van der Waals surface area (Å²) in [4.78, 5) is 0. The molecule has 1 aromatic rings. The monoisotopic (exact) mass is 388 g/mol. The first-order valence-corrected chi connectivity index (χ1v) is 9.33. The predicted octanol–water partition coefficient (Wildman–Crippen LogP) is 3.37. The van der Waals surface area contributed by atoms with Gasteiger partial charge in [0.2, 0.25) is 0 Å². The SMILES string of the molecule is [Cl][Ru-2]([Cl])=[CH]c1ccccc1I. The van der Waals surface area contributed by atoms with Crippen molar-refractivity contribution in [1.29, 1.82) is 0 Å². The van der Waals surface area contributed by atoms with E-state index in [-0.39, 0.29) is 0 Å². The molecule has 0 saturated heterocycles. The van der Waals surface area contributed by atoms with E-state index >= 15 is 0 Å². The van der Waals surface area contributed by atoms with E-state index in [0.717, 1.165) is 5.56 Å². The van der Waals surface area contributed by atoms with Gasteiger partial charge in [0, 0.05) is 0 Å². The van der Waals surface area contributed by atoms with E-state index in [1.165, 1.54) is 3.57 Å². The van der Waals surface area contributed by atoms with Crippen molar-refractivity contribution >= 4 is 46.6 Å². The minimum absolute atomic E-state index is 1.15. The Morgan fingerprint density at radius 2 is 1.91 bits per heavy atom. The van der Waals surface area contributed by atoms with Crippen LogP contribution in [-0.4, -0.2) is 4.61 Å². The zero-order valence-corrected chi connectivity index (χ0v) is 10.8. The van der Waals surface area contributed by atoms with Crippen LogP contribution in [0.4, 0.5) is 0 Å². The summed E-state index contributed by atoms with van der Waals surface area (Å²) in [5, 5.41) is 0. The van der Waals surface area contributed by atoms with Gasteiger partial charge in [-0.3, -0.25) is 0 Å². The fraction of sp³-hybridized carbons (Fsp3) is 0. The number of hydrogen-bond acceptors (Lipinski definition) is 0. The Labute approximate surface area is 92.5 Å². The summed E-state index contributed by atoms with van der Waals surface area (Å²) in [6.07, 6.45) is 0. The third-order valence-electron chi connectivity index (χ3n) is 1.09. The fourth-order valence-electron chi connectivity index (χ4n) is 0.641. The Morgan fingerprint density at radius 3 is 2.45 bits per heavy atom. The molecule has 1 aromatic carbocycles. The molecule has 0 aliphatic carbocycles. The van der Waals surface area contributed by atoms with E-state index < -0.39 is 13.5 Å². The van der Waals surface area contributed by atoms with Gasteiger partial charge in [-0.25, -0.2) is 0 Å². The molecule has 0 aromatic heterocycles. The summed E-state index contributed by atoms with van der Waals surface area (Å²) in [6, 6.07) is 8.04. The Kier molecular flexibility index (Phi) is 4.51. The molecule has 0 aliphatic heterocycles. The second-order valence-electron chi connectivity index (χ2n) is 1.83. The van der Waals surface area contributed by atoms with Crippen molar-refractivity contribution in [2.75, 3.05) is 0 Å². The van der Waals surface area contributed by atoms with Gasteiger partial charge in [-0.05, 0) is 0 Å². The molecule has 1 rings (SSSR count). The molecule has 0 amide bonds. The predicted molar refractivity (Wildman–Crippen MR) is 56.0 cm³/mol. The molecule has 0 nitrogen and oxygen atoms in total. The van der Waals surface area contributed by atoms with Crippen LogP contribution in [0, 0.1) is 3.57 Å². The Balaban J connectivity index is 3.04. The van der Waals surface area contributed by atoms with Crippen LogP contribution in [0.2, 0.25) is 0 Å². The molecule has 4 heteroatoms.